The molecule has 0 saturated heterocycles. The molecule has 0 radical (unpaired) electrons. The maximum atomic E-state index is 10.2. The van der Waals surface area contributed by atoms with Crippen LogP contribution in [0, 0.1) is 0 Å². The van der Waals surface area contributed by atoms with Crippen LogP contribution in [-0.2, 0) is 11.3 Å². The number of nitrogens with zero attached hydrogens (tertiary/aromatic N) is 3. The van der Waals surface area contributed by atoms with Crippen LogP contribution >= 0.6 is 0 Å². The van der Waals surface area contributed by atoms with Gasteiger partial charge in [-0.05, 0) is 12.8 Å². The smallest absolute Gasteiger partial charge is 0.303 e. The average Bonchev–Trinajstić information content (AvgIpc) is 2.55. The summed E-state index contributed by atoms with van der Waals surface area (Å²) in [6.07, 6.45) is 6.04. The highest BCUT2D eigenvalue weighted by atomic mass is 16.4. The molecular weight excluding hydrogens is 170 g/mol. The Kier molecular flexibility index (Phi) is 3.95. The molecule has 0 aliphatic heterocycles. The zero-order valence-corrected chi connectivity index (χ0v) is 7.39. The standard InChI is InChI=1S/C8H13N3O2/c12-8(13)4-2-1-3-5-11-7-9-6-10-11/h6-7H,1-5H2,(H,12,13). The Morgan fingerprint density at radius 3 is 2.85 bits per heavy atom. The third-order valence-electron chi connectivity index (χ3n) is 1.74. The van der Waals surface area contributed by atoms with Crippen LogP contribution in [0.25, 0.3) is 0 Å². The van der Waals surface area contributed by atoms with Crippen LogP contribution in [0.2, 0.25) is 0 Å². The zero-order valence-electron chi connectivity index (χ0n) is 7.39. The number of aromatic nitrogens is 3. The molecule has 1 N–H and O–H groups in total. The van der Waals surface area contributed by atoms with E-state index in [4.69, 9.17) is 5.11 Å². The van der Waals surface area contributed by atoms with Gasteiger partial charge in [0, 0.05) is 13.0 Å². The molecule has 0 spiro atoms. The van der Waals surface area contributed by atoms with E-state index in [1.54, 1.807) is 11.0 Å². The Morgan fingerprint density at radius 1 is 1.38 bits per heavy atom. The summed E-state index contributed by atoms with van der Waals surface area (Å²) in [7, 11) is 0. The van der Waals surface area contributed by atoms with Crippen LogP contribution in [0.15, 0.2) is 12.7 Å². The second kappa shape index (κ2) is 5.29. The van der Waals surface area contributed by atoms with Crippen LogP contribution in [-0.4, -0.2) is 25.8 Å². The molecule has 72 valence electrons. The van der Waals surface area contributed by atoms with E-state index in [0.717, 1.165) is 25.8 Å². The largest absolute Gasteiger partial charge is 0.481 e. The molecule has 0 atom stereocenters. The van der Waals surface area contributed by atoms with Gasteiger partial charge in [-0.25, -0.2) is 4.98 Å². The lowest BCUT2D eigenvalue weighted by Crippen LogP contribution is -1.99. The minimum atomic E-state index is -0.722. The van der Waals surface area contributed by atoms with Crippen molar-refractivity contribution in [1.29, 1.82) is 0 Å². The molecule has 1 aromatic heterocycles. The quantitative estimate of drug-likeness (QED) is 0.666. The fraction of sp³-hybridized carbons (Fsp3) is 0.625. The van der Waals surface area contributed by atoms with Crippen molar-refractivity contribution >= 4 is 5.97 Å². The van der Waals surface area contributed by atoms with Crippen LogP contribution < -0.4 is 0 Å². The number of carboxylic acids is 1. The number of hydrogen-bond donors (Lipinski definition) is 1. The van der Waals surface area contributed by atoms with Gasteiger partial charge >= 0.3 is 5.97 Å². The Labute approximate surface area is 76.4 Å². The summed E-state index contributed by atoms with van der Waals surface area (Å²) in [5, 5.41) is 12.3. The first-order valence-corrected chi connectivity index (χ1v) is 4.33. The molecule has 0 aliphatic rings. The molecule has 5 heteroatoms. The molecule has 1 rings (SSSR count). The summed E-state index contributed by atoms with van der Waals surface area (Å²) < 4.78 is 1.75. The van der Waals surface area contributed by atoms with Gasteiger partial charge in [0.1, 0.15) is 12.7 Å². The predicted octanol–water partition coefficient (Wildman–Crippen LogP) is 0.923. The fourth-order valence-electron chi connectivity index (χ4n) is 1.08. The number of unbranched alkanes of at least 4 members (excludes halogenated alkanes) is 2. The minimum absolute atomic E-state index is 0.261. The Hall–Kier alpha value is -1.39. The first kappa shape index (κ1) is 9.70. The number of hydrogen-bond acceptors (Lipinski definition) is 3. The molecule has 1 aromatic rings. The third-order valence-corrected chi connectivity index (χ3v) is 1.74. The van der Waals surface area contributed by atoms with Gasteiger partial charge in [0.15, 0.2) is 0 Å². The molecule has 0 unspecified atom stereocenters. The Balaban J connectivity index is 1.99. The molecule has 1 heterocycles. The van der Waals surface area contributed by atoms with Crippen molar-refractivity contribution in [3.05, 3.63) is 12.7 Å². The highest BCUT2D eigenvalue weighted by Gasteiger charge is 1.96. The van der Waals surface area contributed by atoms with Crippen molar-refractivity contribution in [2.24, 2.45) is 0 Å². The van der Waals surface area contributed by atoms with Crippen molar-refractivity contribution in [3.63, 3.8) is 0 Å². The van der Waals surface area contributed by atoms with E-state index < -0.39 is 5.97 Å². The van der Waals surface area contributed by atoms with Gasteiger partial charge in [-0.1, -0.05) is 6.42 Å². The Morgan fingerprint density at radius 2 is 2.23 bits per heavy atom. The van der Waals surface area contributed by atoms with Gasteiger partial charge in [-0.3, -0.25) is 9.48 Å². The highest BCUT2D eigenvalue weighted by molar-refractivity contribution is 5.66. The first-order valence-electron chi connectivity index (χ1n) is 4.33. The van der Waals surface area contributed by atoms with Crippen LogP contribution in [0.1, 0.15) is 25.7 Å². The molecule has 0 bridgehead atoms. The van der Waals surface area contributed by atoms with Gasteiger partial charge in [-0.15, -0.1) is 0 Å². The predicted molar refractivity (Wildman–Crippen MR) is 46.1 cm³/mol. The second-order valence-electron chi connectivity index (χ2n) is 2.86. The van der Waals surface area contributed by atoms with Crippen LogP contribution in [0.5, 0.6) is 0 Å². The van der Waals surface area contributed by atoms with E-state index in [9.17, 15) is 4.79 Å². The number of aryl methyl sites for hydroxylation is 1. The molecule has 5 nitrogen and oxygen atoms in total. The van der Waals surface area contributed by atoms with Crippen LogP contribution in [0.4, 0.5) is 0 Å². The summed E-state index contributed by atoms with van der Waals surface area (Å²) in [6.45, 7) is 0.819. The molecule has 0 saturated carbocycles. The maximum Gasteiger partial charge on any atom is 0.303 e. The molecule has 13 heavy (non-hydrogen) atoms. The lowest BCUT2D eigenvalue weighted by atomic mass is 10.2. The van der Waals surface area contributed by atoms with E-state index in [1.165, 1.54) is 6.33 Å². The normalized spacial score (nSPS) is 10.2. The number of rotatable bonds is 6. The summed E-state index contributed by atoms with van der Waals surface area (Å²) in [5.41, 5.74) is 0. The van der Waals surface area contributed by atoms with E-state index in [-0.39, 0.29) is 6.42 Å². The summed E-state index contributed by atoms with van der Waals surface area (Å²) in [6, 6.07) is 0. The van der Waals surface area contributed by atoms with Gasteiger partial charge in [0.25, 0.3) is 0 Å². The van der Waals surface area contributed by atoms with Gasteiger partial charge in [0.05, 0.1) is 0 Å². The van der Waals surface area contributed by atoms with Gasteiger partial charge in [-0.2, -0.15) is 5.10 Å². The third kappa shape index (κ3) is 4.25. The SMILES string of the molecule is O=C(O)CCCCCn1cncn1. The zero-order chi connectivity index (χ0) is 9.52. The van der Waals surface area contributed by atoms with Crippen molar-refractivity contribution in [2.45, 2.75) is 32.2 Å². The van der Waals surface area contributed by atoms with E-state index >= 15 is 0 Å². The summed E-state index contributed by atoms with van der Waals surface area (Å²) in [5.74, 6) is -0.722. The van der Waals surface area contributed by atoms with Gasteiger partial charge in [0.2, 0.25) is 0 Å². The number of carboxylic acid groups (broad SMARTS) is 1. The molecule has 0 fully saturated rings. The van der Waals surface area contributed by atoms with E-state index in [0.29, 0.717) is 0 Å². The average molecular weight is 183 g/mol. The fourth-order valence-corrected chi connectivity index (χ4v) is 1.08. The number of carbonyl (C=O) groups is 1. The van der Waals surface area contributed by atoms with Crippen molar-refractivity contribution in [1.82, 2.24) is 14.8 Å². The molecule has 0 amide bonds. The first-order chi connectivity index (χ1) is 6.29. The lowest BCUT2D eigenvalue weighted by Gasteiger charge is -1.98. The van der Waals surface area contributed by atoms with Gasteiger partial charge < -0.3 is 5.11 Å². The van der Waals surface area contributed by atoms with E-state index in [2.05, 4.69) is 10.1 Å². The summed E-state index contributed by atoms with van der Waals surface area (Å²) >= 11 is 0. The topological polar surface area (TPSA) is 68.0 Å². The molecule has 0 aromatic carbocycles. The minimum Gasteiger partial charge on any atom is -0.481 e. The van der Waals surface area contributed by atoms with Crippen molar-refractivity contribution < 1.29 is 9.90 Å². The maximum absolute atomic E-state index is 10.2. The van der Waals surface area contributed by atoms with Crippen LogP contribution in [0.3, 0.4) is 0 Å². The Bertz CT molecular complexity index is 246. The second-order valence-corrected chi connectivity index (χ2v) is 2.86. The molecule has 0 aliphatic carbocycles. The highest BCUT2D eigenvalue weighted by Crippen LogP contribution is 2.00. The van der Waals surface area contributed by atoms with E-state index in [1.807, 2.05) is 0 Å². The molecular formula is C8H13N3O2. The van der Waals surface area contributed by atoms with Crippen molar-refractivity contribution in [3.8, 4) is 0 Å². The number of aliphatic carboxylic acids is 1. The summed E-state index contributed by atoms with van der Waals surface area (Å²) in [4.78, 5) is 14.0. The van der Waals surface area contributed by atoms with Crippen molar-refractivity contribution in [2.75, 3.05) is 0 Å². The lowest BCUT2D eigenvalue weighted by molar-refractivity contribution is -0.137. The monoisotopic (exact) mass is 183 g/mol.